The number of hydrogen-bond acceptors (Lipinski definition) is 6. The van der Waals surface area contributed by atoms with Crippen molar-refractivity contribution in [2.45, 2.75) is 19.3 Å². The molecule has 0 unspecified atom stereocenters. The zero-order valence-electron chi connectivity index (χ0n) is 7.88. The zero-order chi connectivity index (χ0) is 11.7. The lowest BCUT2D eigenvalue weighted by Gasteiger charge is -2.02. The van der Waals surface area contributed by atoms with E-state index in [1.165, 1.54) is 0 Å². The van der Waals surface area contributed by atoms with Crippen LogP contribution in [0.3, 0.4) is 0 Å². The van der Waals surface area contributed by atoms with Crippen molar-refractivity contribution < 1.29 is 29.4 Å². The summed E-state index contributed by atoms with van der Waals surface area (Å²) in [7, 11) is 0. The molecule has 0 rings (SSSR count). The zero-order valence-corrected chi connectivity index (χ0v) is 7.88. The molecule has 0 aromatic rings. The van der Waals surface area contributed by atoms with Crippen LogP contribution in [0.2, 0.25) is 0 Å². The van der Waals surface area contributed by atoms with Gasteiger partial charge in [-0.3, -0.25) is 9.59 Å². The maximum absolute atomic E-state index is 10.8. The van der Waals surface area contributed by atoms with E-state index in [9.17, 15) is 19.7 Å². The predicted molar refractivity (Wildman–Crippen MR) is 45.4 cm³/mol. The van der Waals surface area contributed by atoms with E-state index in [0.717, 1.165) is 0 Å². The van der Waals surface area contributed by atoms with Gasteiger partial charge in [-0.1, -0.05) is 0 Å². The number of carbonyl (C=O) groups excluding carboxylic acids is 1. The molecule has 8 nitrogen and oxygen atoms in total. The van der Waals surface area contributed by atoms with E-state index in [1.807, 2.05) is 0 Å². The molecule has 0 aromatic carbocycles. The second-order valence-corrected chi connectivity index (χ2v) is 2.52. The number of carbonyl (C=O) groups is 2. The lowest BCUT2D eigenvalue weighted by Crippen LogP contribution is -2.10. The molecule has 1 N–H and O–H groups in total. The fourth-order valence-corrected chi connectivity index (χ4v) is 0.665. The number of aliphatic carboxylic acids is 1. The summed E-state index contributed by atoms with van der Waals surface area (Å²) < 4.78 is 4.57. The minimum Gasteiger partial charge on any atom is -0.481 e. The van der Waals surface area contributed by atoms with Crippen molar-refractivity contribution >= 4 is 11.9 Å². The van der Waals surface area contributed by atoms with E-state index in [4.69, 9.17) is 5.11 Å². The summed E-state index contributed by atoms with van der Waals surface area (Å²) in [6.45, 7) is -0.175. The van der Waals surface area contributed by atoms with Crippen LogP contribution >= 0.6 is 0 Å². The standard InChI is InChI=1S/C7H11NO7/c9-6(10)2-3-7(11)14-4-1-5-15-8(12)13/h1-5H2,(H,9,10). The summed E-state index contributed by atoms with van der Waals surface area (Å²) in [4.78, 5) is 34.5. The Hall–Kier alpha value is -1.86. The Bertz CT molecular complexity index is 239. The topological polar surface area (TPSA) is 116 Å². The maximum atomic E-state index is 10.8. The molecule has 0 aliphatic rings. The van der Waals surface area contributed by atoms with Crippen LogP contribution in [0.5, 0.6) is 0 Å². The van der Waals surface area contributed by atoms with Crippen LogP contribution < -0.4 is 0 Å². The molecule has 86 valence electrons. The van der Waals surface area contributed by atoms with E-state index < -0.39 is 17.0 Å². The van der Waals surface area contributed by atoms with Gasteiger partial charge in [0.05, 0.1) is 26.1 Å². The average molecular weight is 221 g/mol. The first-order valence-electron chi connectivity index (χ1n) is 4.17. The highest BCUT2D eigenvalue weighted by Crippen LogP contribution is 1.94. The van der Waals surface area contributed by atoms with Gasteiger partial charge >= 0.3 is 11.9 Å². The lowest BCUT2D eigenvalue weighted by molar-refractivity contribution is -0.757. The van der Waals surface area contributed by atoms with Crippen LogP contribution in [0.15, 0.2) is 0 Å². The largest absolute Gasteiger partial charge is 0.481 e. The molecule has 15 heavy (non-hydrogen) atoms. The maximum Gasteiger partial charge on any atom is 0.306 e. The van der Waals surface area contributed by atoms with E-state index >= 15 is 0 Å². The van der Waals surface area contributed by atoms with E-state index in [-0.39, 0.29) is 32.5 Å². The number of esters is 1. The molecule has 0 aliphatic carbocycles. The van der Waals surface area contributed by atoms with Gasteiger partial charge in [0.25, 0.3) is 5.09 Å². The summed E-state index contributed by atoms with van der Waals surface area (Å²) in [6, 6.07) is 0. The lowest BCUT2D eigenvalue weighted by atomic mass is 10.3. The molecular formula is C7H11NO7. The van der Waals surface area contributed by atoms with Crippen LogP contribution in [0.4, 0.5) is 0 Å². The molecular weight excluding hydrogens is 210 g/mol. The monoisotopic (exact) mass is 221 g/mol. The van der Waals surface area contributed by atoms with Crippen LogP contribution in [-0.4, -0.2) is 35.3 Å². The molecule has 0 spiro atoms. The Morgan fingerprint density at radius 1 is 1.27 bits per heavy atom. The van der Waals surface area contributed by atoms with E-state index in [0.29, 0.717) is 0 Å². The van der Waals surface area contributed by atoms with Gasteiger partial charge in [0, 0.05) is 6.42 Å². The number of carboxylic acid groups (broad SMARTS) is 1. The summed E-state index contributed by atoms with van der Waals surface area (Å²) >= 11 is 0. The Labute approximate surface area is 84.9 Å². The first-order valence-corrected chi connectivity index (χ1v) is 4.17. The van der Waals surface area contributed by atoms with Crippen molar-refractivity contribution in [3.05, 3.63) is 10.1 Å². The van der Waals surface area contributed by atoms with Crippen LogP contribution in [-0.2, 0) is 19.2 Å². The van der Waals surface area contributed by atoms with Crippen LogP contribution in [0.25, 0.3) is 0 Å². The first-order chi connectivity index (χ1) is 7.02. The molecule has 0 radical (unpaired) electrons. The van der Waals surface area contributed by atoms with Crippen molar-refractivity contribution in [1.29, 1.82) is 0 Å². The van der Waals surface area contributed by atoms with Gasteiger partial charge in [-0.25, -0.2) is 0 Å². The van der Waals surface area contributed by atoms with E-state index in [1.54, 1.807) is 0 Å². The fourth-order valence-electron chi connectivity index (χ4n) is 0.665. The molecule has 0 atom stereocenters. The van der Waals surface area contributed by atoms with Gasteiger partial charge in [0.15, 0.2) is 0 Å². The number of hydrogen-bond donors (Lipinski definition) is 1. The van der Waals surface area contributed by atoms with Gasteiger partial charge in [0.1, 0.15) is 0 Å². The summed E-state index contributed by atoms with van der Waals surface area (Å²) in [5.41, 5.74) is 0. The van der Waals surface area contributed by atoms with E-state index in [2.05, 4.69) is 9.57 Å². The van der Waals surface area contributed by atoms with Crippen molar-refractivity contribution in [2.75, 3.05) is 13.2 Å². The Morgan fingerprint density at radius 3 is 2.47 bits per heavy atom. The number of nitrogens with zero attached hydrogens (tertiary/aromatic N) is 1. The highest BCUT2D eigenvalue weighted by Gasteiger charge is 2.06. The molecule has 0 amide bonds. The van der Waals surface area contributed by atoms with Gasteiger partial charge in [0.2, 0.25) is 0 Å². The number of carboxylic acids is 1. The van der Waals surface area contributed by atoms with Crippen molar-refractivity contribution in [2.24, 2.45) is 0 Å². The van der Waals surface area contributed by atoms with Crippen molar-refractivity contribution in [3.8, 4) is 0 Å². The molecule has 8 heteroatoms. The second-order valence-electron chi connectivity index (χ2n) is 2.52. The average Bonchev–Trinajstić information content (AvgIpc) is 2.13. The highest BCUT2D eigenvalue weighted by atomic mass is 16.9. The van der Waals surface area contributed by atoms with Gasteiger partial charge in [-0.2, -0.15) is 0 Å². The molecule has 0 heterocycles. The SMILES string of the molecule is O=C(O)CCC(=O)OCCCO[N+](=O)[O-]. The molecule has 0 bridgehead atoms. The van der Waals surface area contributed by atoms with Gasteiger partial charge < -0.3 is 14.7 Å². The van der Waals surface area contributed by atoms with Crippen LogP contribution in [0, 0.1) is 10.1 Å². The quantitative estimate of drug-likeness (QED) is 0.265. The molecule has 0 fully saturated rings. The molecule has 0 aromatic heterocycles. The highest BCUT2D eigenvalue weighted by molar-refractivity contribution is 5.76. The summed E-state index contributed by atoms with van der Waals surface area (Å²) in [5.74, 6) is -1.72. The third-order valence-corrected chi connectivity index (χ3v) is 1.29. The third kappa shape index (κ3) is 10.1. The first kappa shape index (κ1) is 13.1. The third-order valence-electron chi connectivity index (χ3n) is 1.29. The number of rotatable bonds is 8. The Morgan fingerprint density at radius 2 is 1.93 bits per heavy atom. The van der Waals surface area contributed by atoms with Crippen molar-refractivity contribution in [1.82, 2.24) is 0 Å². The second kappa shape index (κ2) is 7.54. The van der Waals surface area contributed by atoms with Gasteiger partial charge in [-0.15, -0.1) is 10.1 Å². The summed E-state index contributed by atoms with van der Waals surface area (Å²) in [5, 5.41) is 17.0. The van der Waals surface area contributed by atoms with Gasteiger partial charge in [-0.05, 0) is 0 Å². The Kier molecular flexibility index (Phi) is 6.60. The number of ether oxygens (including phenoxy) is 1. The minimum atomic E-state index is -1.08. The molecule has 0 saturated heterocycles. The van der Waals surface area contributed by atoms with Crippen molar-refractivity contribution in [3.63, 3.8) is 0 Å². The minimum absolute atomic E-state index is 0.0215. The Balaban J connectivity index is 3.31. The summed E-state index contributed by atoms with van der Waals surface area (Å²) in [6.07, 6.45) is -0.296. The predicted octanol–water partition coefficient (Wildman–Crippen LogP) is -0.00720. The fraction of sp³-hybridized carbons (Fsp3) is 0.714. The normalized spacial score (nSPS) is 9.33. The molecule has 0 aliphatic heterocycles. The van der Waals surface area contributed by atoms with Crippen LogP contribution in [0.1, 0.15) is 19.3 Å². The smallest absolute Gasteiger partial charge is 0.306 e. The molecule has 0 saturated carbocycles.